The van der Waals surface area contributed by atoms with Gasteiger partial charge in [-0.3, -0.25) is 4.18 Å². The summed E-state index contributed by atoms with van der Waals surface area (Å²) in [6, 6.07) is 2.19. The van der Waals surface area contributed by atoms with E-state index in [-0.39, 0.29) is 12.0 Å². The molecule has 0 saturated heterocycles. The maximum atomic E-state index is 11.9. The number of nitriles is 1. The molecule has 0 fully saturated rings. The molecular weight excluding hydrogens is 312 g/mol. The van der Waals surface area contributed by atoms with Gasteiger partial charge in [0.15, 0.2) is 0 Å². The third-order valence-electron chi connectivity index (χ3n) is 3.78. The van der Waals surface area contributed by atoms with Crippen molar-refractivity contribution >= 4 is 10.3 Å². The van der Waals surface area contributed by atoms with Gasteiger partial charge < -0.3 is 0 Å². The lowest BCUT2D eigenvalue weighted by atomic mass is 9.77. The molecule has 0 aromatic carbocycles. The molecule has 1 unspecified atom stereocenters. The number of hydrogen-bond donors (Lipinski definition) is 1. The number of hydrogen-bond acceptors (Lipinski definition) is 4. The Morgan fingerprint density at radius 1 is 1.13 bits per heavy atom. The summed E-state index contributed by atoms with van der Waals surface area (Å²) in [5, 5.41) is 8.84. The molecule has 136 valence electrons. The average Bonchev–Trinajstić information content (AvgIpc) is 2.32. The van der Waals surface area contributed by atoms with Crippen LogP contribution in [0.4, 0.5) is 0 Å². The standard InChI is InChI=1S/C17H34N2O3S/c1-15(2)9-7-10-17(6,11-8-13-18)12-14-22-23(20,21)19-16(3,4)5/h15,19H,7-12,14H2,1-6H3. The largest absolute Gasteiger partial charge is 0.336 e. The van der Waals surface area contributed by atoms with Gasteiger partial charge >= 0.3 is 10.3 Å². The van der Waals surface area contributed by atoms with Crippen molar-refractivity contribution in [2.75, 3.05) is 6.61 Å². The van der Waals surface area contributed by atoms with Crippen molar-refractivity contribution < 1.29 is 12.6 Å². The lowest BCUT2D eigenvalue weighted by Crippen LogP contribution is -2.41. The Hall–Kier alpha value is -0.640. The smallest absolute Gasteiger partial charge is 0.258 e. The van der Waals surface area contributed by atoms with Gasteiger partial charge in [0.2, 0.25) is 0 Å². The maximum Gasteiger partial charge on any atom is 0.336 e. The van der Waals surface area contributed by atoms with Crippen LogP contribution in [0, 0.1) is 22.7 Å². The van der Waals surface area contributed by atoms with E-state index in [1.54, 1.807) is 20.8 Å². The molecule has 0 aliphatic carbocycles. The van der Waals surface area contributed by atoms with Gasteiger partial charge in [-0.15, -0.1) is 0 Å². The number of rotatable bonds is 11. The van der Waals surface area contributed by atoms with Crippen LogP contribution in [0.2, 0.25) is 0 Å². The fourth-order valence-electron chi connectivity index (χ4n) is 2.47. The summed E-state index contributed by atoms with van der Waals surface area (Å²) in [6.45, 7) is 12.0. The van der Waals surface area contributed by atoms with Crippen molar-refractivity contribution in [3.05, 3.63) is 0 Å². The van der Waals surface area contributed by atoms with Crippen LogP contribution in [0.1, 0.15) is 80.1 Å². The molecular formula is C17H34N2O3S. The molecule has 0 aliphatic heterocycles. The van der Waals surface area contributed by atoms with Crippen LogP contribution >= 0.6 is 0 Å². The van der Waals surface area contributed by atoms with E-state index in [9.17, 15) is 8.42 Å². The van der Waals surface area contributed by atoms with Gasteiger partial charge in [-0.2, -0.15) is 18.4 Å². The zero-order valence-corrected chi connectivity index (χ0v) is 16.4. The Labute approximate surface area is 143 Å². The van der Waals surface area contributed by atoms with Crippen molar-refractivity contribution in [2.45, 2.75) is 85.6 Å². The Bertz CT molecular complexity index is 475. The monoisotopic (exact) mass is 346 g/mol. The maximum absolute atomic E-state index is 11.9. The van der Waals surface area contributed by atoms with Crippen LogP contribution in [0.15, 0.2) is 0 Å². The van der Waals surface area contributed by atoms with Gasteiger partial charge in [0.25, 0.3) is 0 Å². The molecule has 1 N–H and O–H groups in total. The minimum absolute atomic E-state index is 0.0537. The van der Waals surface area contributed by atoms with Gasteiger partial charge in [0, 0.05) is 12.0 Å². The first kappa shape index (κ1) is 22.4. The van der Waals surface area contributed by atoms with Gasteiger partial charge in [-0.25, -0.2) is 0 Å². The van der Waals surface area contributed by atoms with E-state index >= 15 is 0 Å². The predicted octanol–water partition coefficient (Wildman–Crippen LogP) is 4.16. The molecule has 6 heteroatoms. The second kappa shape index (κ2) is 9.61. The number of nitrogens with one attached hydrogen (secondary N) is 1. The van der Waals surface area contributed by atoms with E-state index in [0.29, 0.717) is 18.8 Å². The minimum Gasteiger partial charge on any atom is -0.258 e. The molecule has 0 aromatic rings. The summed E-state index contributed by atoms with van der Waals surface area (Å²) in [5.41, 5.74) is -0.609. The van der Waals surface area contributed by atoms with Crippen molar-refractivity contribution in [1.29, 1.82) is 5.26 Å². The highest BCUT2D eigenvalue weighted by Gasteiger charge is 2.26. The summed E-state index contributed by atoms with van der Waals surface area (Å²) in [6.07, 6.45) is 5.13. The fraction of sp³-hybridized carbons (Fsp3) is 0.941. The topological polar surface area (TPSA) is 79.2 Å². The molecule has 0 rings (SSSR count). The lowest BCUT2D eigenvalue weighted by molar-refractivity contribution is 0.183. The Morgan fingerprint density at radius 2 is 1.74 bits per heavy atom. The van der Waals surface area contributed by atoms with E-state index in [0.717, 1.165) is 25.7 Å². The molecule has 0 aromatic heterocycles. The highest BCUT2D eigenvalue weighted by molar-refractivity contribution is 7.84. The van der Waals surface area contributed by atoms with E-state index in [2.05, 4.69) is 31.6 Å². The molecule has 0 aliphatic rings. The van der Waals surface area contributed by atoms with E-state index in [1.807, 2.05) is 0 Å². The van der Waals surface area contributed by atoms with Gasteiger partial charge in [-0.05, 0) is 51.4 Å². The molecule has 1 atom stereocenters. The first-order chi connectivity index (χ1) is 10.4. The van der Waals surface area contributed by atoms with Gasteiger partial charge in [-0.1, -0.05) is 33.6 Å². The first-order valence-corrected chi connectivity index (χ1v) is 9.85. The summed E-state index contributed by atoms with van der Waals surface area (Å²) >= 11 is 0. The van der Waals surface area contributed by atoms with E-state index < -0.39 is 15.8 Å². The van der Waals surface area contributed by atoms with E-state index in [1.165, 1.54) is 0 Å². The average molecular weight is 347 g/mol. The third-order valence-corrected chi connectivity index (χ3v) is 5.12. The van der Waals surface area contributed by atoms with Crippen LogP contribution in [0.25, 0.3) is 0 Å². The van der Waals surface area contributed by atoms with Crippen molar-refractivity contribution in [3.8, 4) is 6.07 Å². The normalized spacial score (nSPS) is 15.4. The molecule has 5 nitrogen and oxygen atoms in total. The molecule has 0 radical (unpaired) electrons. The quantitative estimate of drug-likeness (QED) is 0.609. The fourth-order valence-corrected chi connectivity index (χ4v) is 3.58. The predicted molar refractivity (Wildman–Crippen MR) is 94.0 cm³/mol. The van der Waals surface area contributed by atoms with Crippen molar-refractivity contribution in [3.63, 3.8) is 0 Å². The Balaban J connectivity index is 4.52. The van der Waals surface area contributed by atoms with Crippen LogP contribution in [0.5, 0.6) is 0 Å². The Morgan fingerprint density at radius 3 is 2.22 bits per heavy atom. The SMILES string of the molecule is CC(C)CCCC(C)(CCC#N)CCOS(=O)(=O)NC(C)(C)C. The molecule has 0 heterocycles. The van der Waals surface area contributed by atoms with Crippen LogP contribution in [-0.2, 0) is 14.5 Å². The van der Waals surface area contributed by atoms with Crippen LogP contribution < -0.4 is 4.72 Å². The summed E-state index contributed by atoms with van der Waals surface area (Å²) < 4.78 is 31.3. The Kier molecular flexibility index (Phi) is 9.34. The highest BCUT2D eigenvalue weighted by Crippen LogP contribution is 2.34. The van der Waals surface area contributed by atoms with Crippen molar-refractivity contribution in [2.24, 2.45) is 11.3 Å². The second-order valence-electron chi connectivity index (χ2n) is 8.13. The van der Waals surface area contributed by atoms with E-state index in [4.69, 9.17) is 9.44 Å². The zero-order chi connectivity index (χ0) is 18.1. The summed E-state index contributed by atoms with van der Waals surface area (Å²) in [4.78, 5) is 0. The number of nitrogens with zero attached hydrogens (tertiary/aromatic N) is 1. The minimum atomic E-state index is -3.73. The van der Waals surface area contributed by atoms with Crippen molar-refractivity contribution in [1.82, 2.24) is 4.72 Å². The zero-order valence-electron chi connectivity index (χ0n) is 15.6. The van der Waals surface area contributed by atoms with Crippen LogP contribution in [0.3, 0.4) is 0 Å². The van der Waals surface area contributed by atoms with Crippen LogP contribution in [-0.4, -0.2) is 20.6 Å². The molecule has 23 heavy (non-hydrogen) atoms. The summed E-state index contributed by atoms with van der Waals surface area (Å²) in [5.74, 6) is 0.655. The lowest BCUT2D eigenvalue weighted by Gasteiger charge is -2.29. The van der Waals surface area contributed by atoms with Gasteiger partial charge in [0.05, 0.1) is 12.7 Å². The molecule has 0 amide bonds. The molecule has 0 spiro atoms. The first-order valence-electron chi connectivity index (χ1n) is 8.44. The second-order valence-corrected chi connectivity index (χ2v) is 9.48. The summed E-state index contributed by atoms with van der Waals surface area (Å²) in [7, 11) is -3.73. The highest BCUT2D eigenvalue weighted by atomic mass is 32.2. The molecule has 0 bridgehead atoms. The third kappa shape index (κ3) is 12.4. The van der Waals surface area contributed by atoms with Gasteiger partial charge in [0.1, 0.15) is 0 Å². The molecule has 0 saturated carbocycles.